The molecule has 10 heteroatoms. The Balaban J connectivity index is 1.32. The molecule has 1 aliphatic rings. The van der Waals surface area contributed by atoms with E-state index in [9.17, 15) is 4.79 Å². The zero-order chi connectivity index (χ0) is 23.7. The molecule has 1 aromatic carbocycles. The summed E-state index contributed by atoms with van der Waals surface area (Å²) in [6, 6.07) is 9.92. The van der Waals surface area contributed by atoms with Crippen molar-refractivity contribution < 1.29 is 4.79 Å². The van der Waals surface area contributed by atoms with Crippen LogP contribution in [0.4, 0.5) is 11.8 Å². The maximum atomic E-state index is 13.0. The number of benzene rings is 1. The maximum absolute atomic E-state index is 13.0. The number of pyridine rings is 1. The molecule has 1 fully saturated rings. The smallest absolute Gasteiger partial charge is 0.258 e. The Morgan fingerprint density at radius 1 is 1.12 bits per heavy atom. The zero-order valence-electron chi connectivity index (χ0n) is 19.5. The third-order valence-corrected chi connectivity index (χ3v) is 6.23. The molecular formula is C24H27N9O. The van der Waals surface area contributed by atoms with Gasteiger partial charge in [0.05, 0.1) is 11.7 Å². The third kappa shape index (κ3) is 4.58. The molecule has 10 nitrogen and oxygen atoms in total. The van der Waals surface area contributed by atoms with Crippen molar-refractivity contribution in [3.8, 4) is 11.3 Å². The van der Waals surface area contributed by atoms with E-state index in [1.54, 1.807) is 23.1 Å². The first-order valence-corrected chi connectivity index (χ1v) is 11.3. The van der Waals surface area contributed by atoms with Crippen molar-refractivity contribution in [3.05, 3.63) is 54.5 Å². The number of aromatic nitrogens is 6. The Morgan fingerprint density at radius 3 is 2.68 bits per heavy atom. The Hall–Kier alpha value is -3.92. The minimum atomic E-state index is -0.267. The first-order chi connectivity index (χ1) is 16.5. The number of piperidine rings is 1. The van der Waals surface area contributed by atoms with Crippen molar-refractivity contribution in [2.45, 2.75) is 18.9 Å². The van der Waals surface area contributed by atoms with Crippen molar-refractivity contribution in [1.82, 2.24) is 34.8 Å². The van der Waals surface area contributed by atoms with Gasteiger partial charge in [-0.3, -0.25) is 14.8 Å². The number of aryl methyl sites for hydroxylation is 1. The summed E-state index contributed by atoms with van der Waals surface area (Å²) < 4.78 is 1.65. The van der Waals surface area contributed by atoms with E-state index >= 15 is 0 Å². The van der Waals surface area contributed by atoms with Crippen LogP contribution in [0.15, 0.2) is 48.9 Å². The fraction of sp³-hybridized carbons (Fsp3) is 0.333. The molecule has 0 radical (unpaired) electrons. The monoisotopic (exact) mass is 457 g/mol. The molecule has 1 saturated heterocycles. The van der Waals surface area contributed by atoms with E-state index in [1.165, 1.54) is 0 Å². The van der Waals surface area contributed by atoms with Gasteiger partial charge in [-0.05, 0) is 45.1 Å². The molecule has 0 aliphatic carbocycles. The first-order valence-electron chi connectivity index (χ1n) is 11.3. The van der Waals surface area contributed by atoms with E-state index in [0.717, 1.165) is 48.4 Å². The van der Waals surface area contributed by atoms with Crippen LogP contribution >= 0.6 is 0 Å². The zero-order valence-corrected chi connectivity index (χ0v) is 19.5. The minimum Gasteiger partial charge on any atom is -0.356 e. The van der Waals surface area contributed by atoms with E-state index in [2.05, 4.69) is 54.5 Å². The van der Waals surface area contributed by atoms with Crippen molar-refractivity contribution in [3.63, 3.8) is 0 Å². The summed E-state index contributed by atoms with van der Waals surface area (Å²) in [5, 5.41) is 11.8. The quantitative estimate of drug-likeness (QED) is 0.488. The van der Waals surface area contributed by atoms with Gasteiger partial charge in [-0.2, -0.15) is 0 Å². The molecule has 34 heavy (non-hydrogen) atoms. The topological polar surface area (TPSA) is 105 Å². The number of carbonyl (C=O) groups excluding carboxylic acids is 1. The predicted octanol–water partition coefficient (Wildman–Crippen LogP) is 2.60. The largest absolute Gasteiger partial charge is 0.356 e. The summed E-state index contributed by atoms with van der Waals surface area (Å²) in [7, 11) is 6.06. The SMILES string of the molecule is CN(C)C1CCN(c2cc(C(=O)Nc3ncc4ccc(-c5cn(C)nn5)cc4n3)ccn2)CC1. The van der Waals surface area contributed by atoms with Crippen LogP contribution in [0.3, 0.4) is 0 Å². The van der Waals surface area contributed by atoms with E-state index in [4.69, 9.17) is 0 Å². The average molecular weight is 458 g/mol. The van der Waals surface area contributed by atoms with Crippen molar-refractivity contribution >= 4 is 28.6 Å². The highest BCUT2D eigenvalue weighted by atomic mass is 16.1. The highest BCUT2D eigenvalue weighted by molar-refractivity contribution is 6.04. The number of nitrogens with one attached hydrogen (secondary N) is 1. The average Bonchev–Trinajstić information content (AvgIpc) is 3.30. The normalized spacial score (nSPS) is 14.6. The van der Waals surface area contributed by atoms with Gasteiger partial charge in [0.1, 0.15) is 11.5 Å². The number of carbonyl (C=O) groups is 1. The second-order valence-corrected chi connectivity index (χ2v) is 8.78. The Labute approximate surface area is 197 Å². The van der Waals surface area contributed by atoms with Crippen LogP contribution < -0.4 is 10.2 Å². The second-order valence-electron chi connectivity index (χ2n) is 8.78. The van der Waals surface area contributed by atoms with Crippen LogP contribution in [0.1, 0.15) is 23.2 Å². The number of hydrogen-bond donors (Lipinski definition) is 1. The lowest BCUT2D eigenvalue weighted by atomic mass is 10.0. The van der Waals surface area contributed by atoms with Gasteiger partial charge in [0.25, 0.3) is 5.91 Å². The maximum Gasteiger partial charge on any atom is 0.258 e. The summed E-state index contributed by atoms with van der Waals surface area (Å²) in [6.07, 6.45) is 7.37. The van der Waals surface area contributed by atoms with Gasteiger partial charge in [0, 0.05) is 55.1 Å². The van der Waals surface area contributed by atoms with Gasteiger partial charge in [0.15, 0.2) is 0 Å². The lowest BCUT2D eigenvalue weighted by molar-refractivity contribution is 0.102. The fourth-order valence-electron chi connectivity index (χ4n) is 4.24. The summed E-state index contributed by atoms with van der Waals surface area (Å²) in [4.78, 5) is 30.8. The van der Waals surface area contributed by atoms with Crippen molar-refractivity contribution in [2.24, 2.45) is 7.05 Å². The summed E-state index contributed by atoms with van der Waals surface area (Å²) >= 11 is 0. The molecule has 174 valence electrons. The van der Waals surface area contributed by atoms with Crippen LogP contribution in [0.2, 0.25) is 0 Å². The van der Waals surface area contributed by atoms with E-state index in [1.807, 2.05) is 37.5 Å². The van der Waals surface area contributed by atoms with Crippen LogP contribution in [-0.4, -0.2) is 74.0 Å². The van der Waals surface area contributed by atoms with Crippen molar-refractivity contribution in [1.29, 1.82) is 0 Å². The van der Waals surface area contributed by atoms with Gasteiger partial charge < -0.3 is 9.80 Å². The molecule has 0 atom stereocenters. The number of anilines is 2. The van der Waals surface area contributed by atoms with Gasteiger partial charge in [-0.1, -0.05) is 17.3 Å². The second kappa shape index (κ2) is 9.14. The molecule has 1 aliphatic heterocycles. The van der Waals surface area contributed by atoms with Crippen LogP contribution in [0.5, 0.6) is 0 Å². The summed E-state index contributed by atoms with van der Waals surface area (Å²) in [5.41, 5.74) is 2.89. The van der Waals surface area contributed by atoms with Crippen LogP contribution in [0.25, 0.3) is 22.2 Å². The first kappa shape index (κ1) is 21.9. The Morgan fingerprint density at radius 2 is 1.94 bits per heavy atom. The molecule has 4 aromatic rings. The predicted molar refractivity (Wildman–Crippen MR) is 131 cm³/mol. The lowest BCUT2D eigenvalue weighted by Crippen LogP contribution is -2.42. The minimum absolute atomic E-state index is 0.249. The van der Waals surface area contributed by atoms with Gasteiger partial charge >= 0.3 is 0 Å². The number of rotatable bonds is 5. The molecule has 0 unspecified atom stereocenters. The van der Waals surface area contributed by atoms with Gasteiger partial charge in [-0.25, -0.2) is 15.0 Å². The number of hydrogen-bond acceptors (Lipinski definition) is 8. The molecule has 0 bridgehead atoms. The number of amides is 1. The third-order valence-electron chi connectivity index (χ3n) is 6.23. The van der Waals surface area contributed by atoms with Gasteiger partial charge in [0.2, 0.25) is 5.95 Å². The van der Waals surface area contributed by atoms with Crippen LogP contribution in [0, 0.1) is 0 Å². The summed E-state index contributed by atoms with van der Waals surface area (Å²) in [6.45, 7) is 1.84. The molecule has 0 saturated carbocycles. The lowest BCUT2D eigenvalue weighted by Gasteiger charge is -2.35. The highest BCUT2D eigenvalue weighted by Crippen LogP contribution is 2.23. The number of fused-ring (bicyclic) bond motifs is 1. The number of nitrogens with zero attached hydrogens (tertiary/aromatic N) is 8. The standard InChI is InChI=1S/C24H27N9O/c1-31(2)19-7-10-33(11-8-19)22-13-17(6-9-25-22)23(34)28-24-26-14-18-5-4-16(12-20(18)27-24)21-15-32(3)30-29-21/h4-6,9,12-15,19H,7-8,10-11H2,1-3H3,(H,26,27,28,34). The Bertz CT molecular complexity index is 1330. The molecular weight excluding hydrogens is 430 g/mol. The summed E-state index contributed by atoms with van der Waals surface area (Å²) in [5.74, 6) is 0.799. The molecule has 0 spiro atoms. The molecule has 5 rings (SSSR count). The Kier molecular flexibility index (Phi) is 5.89. The fourth-order valence-corrected chi connectivity index (χ4v) is 4.24. The highest BCUT2D eigenvalue weighted by Gasteiger charge is 2.22. The van der Waals surface area contributed by atoms with E-state index in [-0.39, 0.29) is 11.9 Å². The molecule has 3 aromatic heterocycles. The van der Waals surface area contributed by atoms with Crippen molar-refractivity contribution in [2.75, 3.05) is 37.4 Å². The van der Waals surface area contributed by atoms with Gasteiger partial charge in [-0.15, -0.1) is 5.10 Å². The van der Waals surface area contributed by atoms with Crippen LogP contribution in [-0.2, 0) is 7.05 Å². The molecule has 1 N–H and O–H groups in total. The van der Waals surface area contributed by atoms with E-state index in [0.29, 0.717) is 17.1 Å². The molecule has 1 amide bonds. The van der Waals surface area contributed by atoms with E-state index < -0.39 is 0 Å². The molecule has 4 heterocycles.